The maximum atomic E-state index is 12.1. The van der Waals surface area contributed by atoms with Gasteiger partial charge < -0.3 is 18.7 Å². The van der Waals surface area contributed by atoms with Crippen molar-refractivity contribution in [1.82, 2.24) is 0 Å². The molecule has 37 heavy (non-hydrogen) atoms. The number of carbonyl (C=O) groups is 1. The van der Waals surface area contributed by atoms with Crippen molar-refractivity contribution in [1.29, 1.82) is 0 Å². The zero-order valence-electron chi connectivity index (χ0n) is 22.3. The average molecular weight is 515 g/mol. The molecule has 0 N–H and O–H groups in total. The van der Waals surface area contributed by atoms with Crippen LogP contribution in [-0.2, 0) is 20.6 Å². The number of ether oxygens (including phenoxy) is 2. The topological polar surface area (TPSA) is 44.8 Å². The van der Waals surface area contributed by atoms with E-state index in [1.165, 1.54) is 10.4 Å². The van der Waals surface area contributed by atoms with Crippen molar-refractivity contribution < 1.29 is 18.7 Å². The van der Waals surface area contributed by atoms with Crippen LogP contribution in [0.3, 0.4) is 0 Å². The van der Waals surface area contributed by atoms with E-state index in [4.69, 9.17) is 13.9 Å². The molecule has 0 fully saturated rings. The molecule has 0 radical (unpaired) electrons. The van der Waals surface area contributed by atoms with E-state index >= 15 is 0 Å². The Labute approximate surface area is 222 Å². The van der Waals surface area contributed by atoms with Gasteiger partial charge in [-0.2, -0.15) is 0 Å². The lowest BCUT2D eigenvalue weighted by Gasteiger charge is -2.43. The van der Waals surface area contributed by atoms with Gasteiger partial charge in [0.1, 0.15) is 12.0 Å². The predicted octanol–water partition coefficient (Wildman–Crippen LogP) is 5.55. The van der Waals surface area contributed by atoms with E-state index in [-0.39, 0.29) is 23.0 Å². The van der Waals surface area contributed by atoms with Crippen molar-refractivity contribution in [2.45, 2.75) is 44.9 Å². The van der Waals surface area contributed by atoms with Crippen LogP contribution >= 0.6 is 0 Å². The van der Waals surface area contributed by atoms with Crippen LogP contribution in [0.1, 0.15) is 32.8 Å². The van der Waals surface area contributed by atoms with Crippen LogP contribution in [0, 0.1) is 11.8 Å². The molecule has 0 aromatic heterocycles. The maximum absolute atomic E-state index is 12.1. The van der Waals surface area contributed by atoms with Gasteiger partial charge in [-0.15, -0.1) is 0 Å². The lowest BCUT2D eigenvalue weighted by molar-refractivity contribution is -0.116. The van der Waals surface area contributed by atoms with Crippen LogP contribution in [0.15, 0.2) is 97.1 Å². The Bertz CT molecular complexity index is 1110. The van der Waals surface area contributed by atoms with Gasteiger partial charge in [-0.05, 0) is 45.4 Å². The molecule has 0 saturated carbocycles. The van der Waals surface area contributed by atoms with Gasteiger partial charge in [-0.25, -0.2) is 0 Å². The van der Waals surface area contributed by atoms with Crippen LogP contribution in [0.5, 0.6) is 5.75 Å². The predicted molar refractivity (Wildman–Crippen MR) is 152 cm³/mol. The fraction of sp³-hybridized carbons (Fsp3) is 0.344. The Morgan fingerprint density at radius 3 is 1.95 bits per heavy atom. The van der Waals surface area contributed by atoms with E-state index < -0.39 is 8.32 Å². The van der Waals surface area contributed by atoms with E-state index in [2.05, 4.69) is 87.5 Å². The van der Waals surface area contributed by atoms with Gasteiger partial charge in [0.25, 0.3) is 8.32 Å². The second-order valence-corrected chi connectivity index (χ2v) is 15.0. The van der Waals surface area contributed by atoms with Crippen molar-refractivity contribution >= 4 is 25.0 Å². The highest BCUT2D eigenvalue weighted by molar-refractivity contribution is 6.99. The first-order valence-electron chi connectivity index (χ1n) is 13.0. The standard InChI is InChI=1S/C32H38O4Si/c1-32(2,3)37(28-11-7-5-8-12-28,29-13-9-6-10-14-29)36-22-21-26-17-20-31(30(26)23-33)35-24-25-15-18-27(34-4)19-16-25/h5-20,23,26,30-31H,21-22,24H2,1-4H3/t26-,30-,31-/m0/s1. The zero-order chi connectivity index (χ0) is 26.3. The highest BCUT2D eigenvalue weighted by atomic mass is 28.4. The minimum absolute atomic E-state index is 0.0741. The number of carbonyl (C=O) groups excluding carboxylic acids is 1. The first-order chi connectivity index (χ1) is 17.9. The molecule has 0 amide bonds. The van der Waals surface area contributed by atoms with Crippen LogP contribution in [0.2, 0.25) is 5.04 Å². The Morgan fingerprint density at radius 1 is 0.838 bits per heavy atom. The monoisotopic (exact) mass is 514 g/mol. The maximum Gasteiger partial charge on any atom is 0.261 e. The minimum Gasteiger partial charge on any atom is -0.497 e. The average Bonchev–Trinajstić information content (AvgIpc) is 3.32. The molecule has 3 atom stereocenters. The molecule has 0 saturated heterocycles. The smallest absolute Gasteiger partial charge is 0.261 e. The summed E-state index contributed by atoms with van der Waals surface area (Å²) in [7, 11) is -0.938. The summed E-state index contributed by atoms with van der Waals surface area (Å²) >= 11 is 0. The van der Waals surface area contributed by atoms with Crippen LogP contribution in [0.25, 0.3) is 0 Å². The highest BCUT2D eigenvalue weighted by Gasteiger charge is 2.50. The number of allylic oxidation sites excluding steroid dienone is 1. The summed E-state index contributed by atoms with van der Waals surface area (Å²) in [5.41, 5.74) is 1.05. The van der Waals surface area contributed by atoms with Crippen molar-refractivity contribution in [2.24, 2.45) is 11.8 Å². The summed E-state index contributed by atoms with van der Waals surface area (Å²) in [6.07, 6.45) is 5.76. The van der Waals surface area contributed by atoms with Crippen LogP contribution in [0.4, 0.5) is 0 Å². The van der Waals surface area contributed by atoms with Gasteiger partial charge >= 0.3 is 0 Å². The molecule has 0 bridgehead atoms. The first-order valence-corrected chi connectivity index (χ1v) is 14.9. The molecule has 5 heteroatoms. The number of hydrogen-bond donors (Lipinski definition) is 0. The van der Waals surface area contributed by atoms with E-state index in [1.807, 2.05) is 30.3 Å². The normalized spacial score (nSPS) is 19.6. The SMILES string of the molecule is COc1ccc(CO[C@H]2C=C[C@@H](CCO[Si](c3ccccc3)(c3ccccc3)C(C)(C)C)[C@@H]2C=O)cc1. The molecule has 0 spiro atoms. The second kappa shape index (κ2) is 12.0. The number of benzene rings is 3. The van der Waals surface area contributed by atoms with Crippen molar-refractivity contribution in [3.05, 3.63) is 103 Å². The fourth-order valence-corrected chi connectivity index (χ4v) is 9.99. The molecule has 3 aromatic rings. The number of methoxy groups -OCH3 is 1. The largest absolute Gasteiger partial charge is 0.497 e. The summed E-state index contributed by atoms with van der Waals surface area (Å²) in [4.78, 5) is 12.1. The quantitative estimate of drug-likeness (QED) is 0.191. The number of aldehydes is 1. The zero-order valence-corrected chi connectivity index (χ0v) is 23.3. The number of rotatable bonds is 11. The summed E-state index contributed by atoms with van der Waals surface area (Å²) in [5.74, 6) is 0.703. The molecule has 1 aliphatic rings. The van der Waals surface area contributed by atoms with E-state index in [1.54, 1.807) is 7.11 Å². The molecular formula is C32H38O4Si. The molecule has 194 valence electrons. The lowest BCUT2D eigenvalue weighted by Crippen LogP contribution is -2.66. The van der Waals surface area contributed by atoms with Gasteiger partial charge in [0.05, 0.1) is 25.7 Å². The van der Waals surface area contributed by atoms with Crippen LogP contribution in [-0.4, -0.2) is 34.4 Å². The van der Waals surface area contributed by atoms with E-state index in [9.17, 15) is 4.79 Å². The summed E-state index contributed by atoms with van der Waals surface area (Å²) in [6.45, 7) is 7.89. The van der Waals surface area contributed by atoms with Gasteiger partial charge in [0.2, 0.25) is 0 Å². The Balaban J connectivity index is 1.46. The van der Waals surface area contributed by atoms with Crippen LogP contribution < -0.4 is 15.1 Å². The fourth-order valence-electron chi connectivity index (χ4n) is 5.41. The molecular weight excluding hydrogens is 476 g/mol. The Hall–Kier alpha value is -2.99. The third kappa shape index (κ3) is 5.95. The van der Waals surface area contributed by atoms with E-state index in [0.717, 1.165) is 24.0 Å². The summed E-state index contributed by atoms with van der Waals surface area (Å²) in [6, 6.07) is 29.2. The highest BCUT2D eigenvalue weighted by Crippen LogP contribution is 2.37. The third-order valence-electron chi connectivity index (χ3n) is 7.37. The molecule has 0 aliphatic heterocycles. The van der Waals surface area contributed by atoms with Crippen molar-refractivity contribution in [3.8, 4) is 5.75 Å². The molecule has 3 aromatic carbocycles. The molecule has 1 aliphatic carbocycles. The van der Waals surface area contributed by atoms with Gasteiger partial charge in [0.15, 0.2) is 0 Å². The lowest BCUT2D eigenvalue weighted by atomic mass is 9.93. The Morgan fingerprint density at radius 2 is 1.43 bits per heavy atom. The second-order valence-electron chi connectivity index (χ2n) is 10.7. The third-order valence-corrected chi connectivity index (χ3v) is 12.4. The molecule has 0 unspecified atom stereocenters. The number of hydrogen-bond acceptors (Lipinski definition) is 4. The molecule has 4 rings (SSSR count). The minimum atomic E-state index is -2.59. The first kappa shape index (κ1) is 27.1. The van der Waals surface area contributed by atoms with Gasteiger partial charge in [-0.3, -0.25) is 0 Å². The van der Waals surface area contributed by atoms with Gasteiger partial charge in [-0.1, -0.05) is 106 Å². The summed E-state index contributed by atoms with van der Waals surface area (Å²) in [5, 5.41) is 2.46. The van der Waals surface area contributed by atoms with Crippen molar-refractivity contribution in [2.75, 3.05) is 13.7 Å². The molecule has 0 heterocycles. The molecule has 4 nitrogen and oxygen atoms in total. The Kier molecular flexibility index (Phi) is 8.80. The van der Waals surface area contributed by atoms with E-state index in [0.29, 0.717) is 13.2 Å². The van der Waals surface area contributed by atoms with Gasteiger partial charge in [0, 0.05) is 6.61 Å². The van der Waals surface area contributed by atoms with Crippen molar-refractivity contribution in [3.63, 3.8) is 0 Å². The summed E-state index contributed by atoms with van der Waals surface area (Å²) < 4.78 is 18.4.